The molecule has 228 valence electrons. The standard InChI is InChI=1S/C34H41N3O6/c1-19-15-32-14-13-24-25(30(24,3)4)33(35,29(32)39)16-22-18-41-31(5,6)43-27(22)34(32,37-40)26(19)42-28(38)20(2)23(17-36-7)21-11-9-8-10-12-21/h8-12,15-17,24-27H,13-14,18,35H2,1-7H3/b23-20-,36-17-. The van der Waals surface area contributed by atoms with Crippen molar-refractivity contribution < 1.29 is 23.8 Å². The monoisotopic (exact) mass is 587 g/mol. The molecule has 1 spiro atoms. The second kappa shape index (κ2) is 9.61. The fourth-order valence-corrected chi connectivity index (χ4v) is 8.79. The third-order valence-electron chi connectivity index (χ3n) is 10.8. The number of ether oxygens (including phenoxy) is 3. The number of rotatable bonds is 5. The van der Waals surface area contributed by atoms with Crippen LogP contribution in [0.15, 0.2) is 69.4 Å². The summed E-state index contributed by atoms with van der Waals surface area (Å²) < 4.78 is 18.9. The molecule has 9 heteroatoms. The Morgan fingerprint density at radius 3 is 2.49 bits per heavy atom. The smallest absolute Gasteiger partial charge is 0.335 e. The van der Waals surface area contributed by atoms with Gasteiger partial charge in [0.25, 0.3) is 0 Å². The number of aliphatic imine (C=N–C) groups is 1. The topological polar surface area (TPSA) is 130 Å². The average Bonchev–Trinajstić information content (AvgIpc) is 3.49. The van der Waals surface area contributed by atoms with E-state index in [0.717, 1.165) is 5.56 Å². The molecule has 1 aliphatic heterocycles. The Morgan fingerprint density at radius 2 is 1.84 bits per heavy atom. The number of nitroso groups, excluding NO2 is 1. The maximum Gasteiger partial charge on any atom is 0.335 e. The van der Waals surface area contributed by atoms with Crippen molar-refractivity contribution in [2.75, 3.05) is 13.7 Å². The zero-order valence-electron chi connectivity index (χ0n) is 26.0. The minimum Gasteiger partial charge on any atom is -0.452 e. The van der Waals surface area contributed by atoms with Gasteiger partial charge in [-0.1, -0.05) is 61.5 Å². The molecule has 43 heavy (non-hydrogen) atoms. The number of carbonyl (C=O) groups excluding carboxylic acids is 2. The van der Waals surface area contributed by atoms with Gasteiger partial charge >= 0.3 is 5.97 Å². The highest BCUT2D eigenvalue weighted by atomic mass is 16.7. The molecule has 1 aromatic rings. The van der Waals surface area contributed by atoms with Crippen molar-refractivity contribution in [1.29, 1.82) is 0 Å². The fourth-order valence-electron chi connectivity index (χ4n) is 8.79. The molecule has 2 saturated carbocycles. The normalized spacial score (nSPS) is 39.2. The first kappa shape index (κ1) is 29.8. The number of hydrogen-bond donors (Lipinski definition) is 1. The molecule has 0 aromatic heterocycles. The highest BCUT2D eigenvalue weighted by molar-refractivity contribution is 6.17. The summed E-state index contributed by atoms with van der Waals surface area (Å²) in [7, 11) is 1.63. The lowest BCUT2D eigenvalue weighted by Crippen LogP contribution is -2.67. The predicted octanol–water partition coefficient (Wildman–Crippen LogP) is 4.95. The average molecular weight is 588 g/mol. The Hall–Kier alpha value is -3.27. The summed E-state index contributed by atoms with van der Waals surface area (Å²) in [5.74, 6) is -1.90. The van der Waals surface area contributed by atoms with Crippen molar-refractivity contribution >= 4 is 23.5 Å². The molecule has 0 amide bonds. The number of allylic oxidation sites excluding steroid dienone is 1. The molecular weight excluding hydrogens is 546 g/mol. The van der Waals surface area contributed by atoms with Crippen LogP contribution in [0.5, 0.6) is 0 Å². The molecule has 4 aliphatic carbocycles. The largest absolute Gasteiger partial charge is 0.452 e. The van der Waals surface area contributed by atoms with E-state index in [1.54, 1.807) is 53.1 Å². The van der Waals surface area contributed by atoms with Crippen molar-refractivity contribution in [1.82, 2.24) is 0 Å². The first-order valence-electron chi connectivity index (χ1n) is 15.0. The lowest BCUT2D eigenvalue weighted by molar-refractivity contribution is -0.272. The summed E-state index contributed by atoms with van der Waals surface area (Å²) in [6, 6.07) is 9.42. The molecule has 1 aromatic carbocycles. The van der Waals surface area contributed by atoms with Gasteiger partial charge in [0.2, 0.25) is 0 Å². The summed E-state index contributed by atoms with van der Waals surface area (Å²) in [4.78, 5) is 46.7. The quantitative estimate of drug-likeness (QED) is 0.170. The Kier molecular flexibility index (Phi) is 6.66. The van der Waals surface area contributed by atoms with Crippen LogP contribution in [0.25, 0.3) is 5.57 Å². The summed E-state index contributed by atoms with van der Waals surface area (Å²) >= 11 is 0. The number of esters is 1. The number of carbonyl (C=O) groups is 2. The number of Topliss-reactive ketones (excluding diaryl/α,β-unsaturated/α-hetero) is 1. The summed E-state index contributed by atoms with van der Waals surface area (Å²) in [5.41, 5.74) is 5.29. The van der Waals surface area contributed by atoms with Crippen molar-refractivity contribution in [2.45, 2.75) is 83.5 Å². The van der Waals surface area contributed by atoms with Crippen LogP contribution >= 0.6 is 0 Å². The summed E-state index contributed by atoms with van der Waals surface area (Å²) in [5, 5.41) is 3.83. The molecule has 9 nitrogen and oxygen atoms in total. The first-order valence-corrected chi connectivity index (χ1v) is 15.0. The van der Waals surface area contributed by atoms with Gasteiger partial charge in [0, 0.05) is 24.4 Å². The van der Waals surface area contributed by atoms with Gasteiger partial charge in [0.05, 0.1) is 17.6 Å². The minimum atomic E-state index is -1.81. The third-order valence-corrected chi connectivity index (χ3v) is 10.8. The van der Waals surface area contributed by atoms with Crippen molar-refractivity contribution in [2.24, 2.45) is 38.6 Å². The van der Waals surface area contributed by atoms with E-state index < -0.39 is 40.5 Å². The summed E-state index contributed by atoms with van der Waals surface area (Å²) in [6.45, 7) is 11.4. The van der Waals surface area contributed by atoms with Gasteiger partial charge in [-0.3, -0.25) is 9.79 Å². The molecular formula is C34H41N3O6. The molecule has 2 N–H and O–H groups in total. The molecule has 7 unspecified atom stereocenters. The minimum absolute atomic E-state index is 0.110. The molecule has 2 bridgehead atoms. The second-order valence-electron chi connectivity index (χ2n) is 14.0. The van der Waals surface area contributed by atoms with E-state index in [9.17, 15) is 14.5 Å². The van der Waals surface area contributed by atoms with Crippen LogP contribution in [0.1, 0.15) is 59.9 Å². The highest BCUT2D eigenvalue weighted by Crippen LogP contribution is 2.72. The van der Waals surface area contributed by atoms with Crippen LogP contribution < -0.4 is 5.73 Å². The number of hydrogen-bond acceptors (Lipinski definition) is 9. The zero-order valence-corrected chi connectivity index (χ0v) is 26.0. The molecule has 5 aliphatic rings. The van der Waals surface area contributed by atoms with Gasteiger partial charge in [0.15, 0.2) is 23.2 Å². The molecule has 1 saturated heterocycles. The number of nitrogens with two attached hydrogens (primary N) is 1. The maximum absolute atomic E-state index is 15.0. The number of ketones is 1. The molecule has 6 rings (SSSR count). The zero-order chi connectivity index (χ0) is 31.2. The second-order valence-corrected chi connectivity index (χ2v) is 14.0. The Bertz CT molecular complexity index is 1520. The van der Waals surface area contributed by atoms with Gasteiger partial charge < -0.3 is 19.9 Å². The van der Waals surface area contributed by atoms with Crippen LogP contribution in [0.4, 0.5) is 0 Å². The van der Waals surface area contributed by atoms with Crippen LogP contribution in [-0.2, 0) is 23.8 Å². The lowest BCUT2D eigenvalue weighted by Gasteiger charge is -2.50. The van der Waals surface area contributed by atoms with E-state index >= 15 is 0 Å². The Labute approximate surface area is 252 Å². The van der Waals surface area contributed by atoms with E-state index in [2.05, 4.69) is 24.0 Å². The van der Waals surface area contributed by atoms with Gasteiger partial charge in [0.1, 0.15) is 6.10 Å². The van der Waals surface area contributed by atoms with Crippen molar-refractivity contribution in [3.8, 4) is 0 Å². The van der Waals surface area contributed by atoms with Crippen LogP contribution in [0, 0.1) is 27.6 Å². The molecule has 0 radical (unpaired) electrons. The molecule has 7 atom stereocenters. The third kappa shape index (κ3) is 3.97. The van der Waals surface area contributed by atoms with E-state index in [-0.39, 0.29) is 29.6 Å². The van der Waals surface area contributed by atoms with Gasteiger partial charge in [-0.15, -0.1) is 4.91 Å². The molecule has 1 heterocycles. The highest BCUT2D eigenvalue weighted by Gasteiger charge is 2.80. The maximum atomic E-state index is 15.0. The van der Waals surface area contributed by atoms with Crippen LogP contribution in [0.3, 0.4) is 0 Å². The lowest BCUT2D eigenvalue weighted by atomic mass is 9.60. The van der Waals surface area contributed by atoms with Crippen molar-refractivity contribution in [3.05, 3.63) is 69.7 Å². The van der Waals surface area contributed by atoms with Gasteiger partial charge in [-0.2, -0.15) is 0 Å². The Morgan fingerprint density at radius 1 is 1.14 bits per heavy atom. The molecule has 3 fully saturated rings. The number of fused-ring (bicyclic) bond motifs is 5. The van der Waals surface area contributed by atoms with E-state index in [1.165, 1.54) is 0 Å². The fraction of sp³-hybridized carbons (Fsp3) is 0.559. The number of nitrogens with zero attached hydrogens (tertiary/aromatic N) is 2. The van der Waals surface area contributed by atoms with Gasteiger partial charge in [-0.05, 0) is 74.5 Å². The summed E-state index contributed by atoms with van der Waals surface area (Å²) in [6.07, 6.45) is 4.08. The van der Waals surface area contributed by atoms with Crippen LogP contribution in [0.2, 0.25) is 0 Å². The van der Waals surface area contributed by atoms with Gasteiger partial charge in [-0.25, -0.2) is 4.79 Å². The van der Waals surface area contributed by atoms with E-state index in [0.29, 0.717) is 35.1 Å². The van der Waals surface area contributed by atoms with Crippen LogP contribution in [-0.4, -0.2) is 60.7 Å². The predicted molar refractivity (Wildman–Crippen MR) is 163 cm³/mol. The number of benzene rings is 1. The van der Waals surface area contributed by atoms with Crippen molar-refractivity contribution in [3.63, 3.8) is 0 Å². The Balaban J connectivity index is 1.52. The van der Waals surface area contributed by atoms with E-state index in [1.807, 2.05) is 30.3 Å². The SMILES string of the molecule is C/N=C\C(=C(/C)C(=O)OC1C(C)=CC23CCC4C(C(N)(C=C5COC(C)(C)OC5C12N=O)C3=O)C4(C)C)c1ccccc1. The van der Waals surface area contributed by atoms with E-state index in [4.69, 9.17) is 19.9 Å². The first-order chi connectivity index (χ1) is 20.2.